The van der Waals surface area contributed by atoms with E-state index < -0.39 is 51.8 Å². The summed E-state index contributed by atoms with van der Waals surface area (Å²) < 4.78 is 79.3. The summed E-state index contributed by atoms with van der Waals surface area (Å²) in [6.07, 6.45) is -3.37. The molecule has 51 heavy (non-hydrogen) atoms. The van der Waals surface area contributed by atoms with Gasteiger partial charge in [-0.15, -0.1) is 0 Å². The molecular formula is C36H45F3N4O7S. The zero-order chi connectivity index (χ0) is 37.3. The Morgan fingerprint density at radius 3 is 2.31 bits per heavy atom. The van der Waals surface area contributed by atoms with E-state index in [4.69, 9.17) is 9.47 Å². The lowest BCUT2D eigenvalue weighted by atomic mass is 10.0. The Morgan fingerprint density at radius 1 is 1.02 bits per heavy atom. The third-order valence-electron chi connectivity index (χ3n) is 8.67. The van der Waals surface area contributed by atoms with Crippen molar-refractivity contribution >= 4 is 33.3 Å². The number of hydrogen-bond acceptors (Lipinski definition) is 7. The number of sulfonamides is 1. The highest BCUT2D eigenvalue weighted by molar-refractivity contribution is 7.89. The molecular weight excluding hydrogens is 689 g/mol. The number of amides is 3. The Balaban J connectivity index is 1.60. The molecule has 1 aliphatic rings. The van der Waals surface area contributed by atoms with E-state index in [2.05, 4.69) is 10.6 Å². The number of carbonyl (C=O) groups excluding carboxylic acids is 2. The summed E-state index contributed by atoms with van der Waals surface area (Å²) in [5, 5.41) is 15.3. The fraction of sp³-hybridized carbons (Fsp3) is 0.444. The number of benzene rings is 3. The second kappa shape index (κ2) is 17.4. The number of carbonyl (C=O) groups is 2. The van der Waals surface area contributed by atoms with Crippen molar-refractivity contribution in [2.24, 2.45) is 5.92 Å². The molecule has 3 aromatic carbocycles. The molecule has 3 aromatic rings. The average Bonchev–Trinajstić information content (AvgIpc) is 3.09. The van der Waals surface area contributed by atoms with Gasteiger partial charge in [0, 0.05) is 44.0 Å². The SMILES string of the molecule is C[C@@H]1CCCCO[C@@H](CN(C)S(=O)(=O)c2ccccc2)[C@@H](C)CN([C@@H](C)CO)C(=O)c2cc(NC(=O)Nc3ccc(C(F)(F)F)cc3)ccc2O1. The van der Waals surface area contributed by atoms with Crippen LogP contribution in [-0.4, -0.2) is 86.3 Å². The number of likely N-dealkylation sites (N-methyl/N-ethyl adjacent to an activating group) is 1. The van der Waals surface area contributed by atoms with E-state index in [9.17, 15) is 36.3 Å². The van der Waals surface area contributed by atoms with Crippen LogP contribution >= 0.6 is 0 Å². The Labute approximate surface area is 296 Å². The number of anilines is 2. The van der Waals surface area contributed by atoms with Crippen LogP contribution < -0.4 is 15.4 Å². The van der Waals surface area contributed by atoms with Crippen molar-refractivity contribution in [2.45, 2.75) is 69.4 Å². The smallest absolute Gasteiger partial charge is 0.416 e. The first-order valence-corrected chi connectivity index (χ1v) is 18.1. The van der Waals surface area contributed by atoms with Crippen molar-refractivity contribution in [1.29, 1.82) is 0 Å². The number of aliphatic hydroxyl groups is 1. The zero-order valence-corrected chi connectivity index (χ0v) is 29.8. The Kier molecular flexibility index (Phi) is 13.5. The summed E-state index contributed by atoms with van der Waals surface area (Å²) in [7, 11) is -2.34. The number of nitrogens with zero attached hydrogens (tertiary/aromatic N) is 2. The first kappa shape index (κ1) is 39.6. The Bertz CT molecular complexity index is 1730. The van der Waals surface area contributed by atoms with Gasteiger partial charge in [-0.3, -0.25) is 4.79 Å². The van der Waals surface area contributed by atoms with Crippen molar-refractivity contribution in [3.05, 3.63) is 83.9 Å². The van der Waals surface area contributed by atoms with Crippen molar-refractivity contribution in [2.75, 3.05) is 44.0 Å². The molecule has 3 amide bonds. The van der Waals surface area contributed by atoms with Crippen molar-refractivity contribution in [1.82, 2.24) is 9.21 Å². The maximum Gasteiger partial charge on any atom is 0.416 e. The standard InChI is InChI=1S/C36H45F3N4O7S/c1-24-21-43(25(2)23-44)34(45)31-20-29(41-35(46)40-28-15-13-27(14-16-28)36(37,38)39)17-18-32(31)50-26(3)10-8-9-19-49-33(24)22-42(4)51(47,48)30-11-6-5-7-12-30/h5-7,11-18,20,24-26,33,44H,8-10,19,21-23H2,1-4H3,(H2,40,41,46)/t24-,25-,26+,33-/m0/s1. The lowest BCUT2D eigenvalue weighted by molar-refractivity contribution is -0.137. The Morgan fingerprint density at radius 2 is 1.67 bits per heavy atom. The van der Waals surface area contributed by atoms with Gasteiger partial charge >= 0.3 is 12.2 Å². The van der Waals surface area contributed by atoms with Gasteiger partial charge in [-0.2, -0.15) is 17.5 Å². The monoisotopic (exact) mass is 734 g/mol. The minimum atomic E-state index is -4.52. The van der Waals surface area contributed by atoms with Gasteiger partial charge in [0.25, 0.3) is 5.91 Å². The normalized spacial score (nSPS) is 20.1. The number of halogens is 3. The van der Waals surface area contributed by atoms with Crippen LogP contribution in [0.5, 0.6) is 5.75 Å². The molecule has 3 N–H and O–H groups in total. The molecule has 0 radical (unpaired) electrons. The molecule has 1 heterocycles. The predicted molar refractivity (Wildman–Crippen MR) is 187 cm³/mol. The van der Waals surface area contributed by atoms with Crippen LogP contribution in [0.25, 0.3) is 0 Å². The van der Waals surface area contributed by atoms with Crippen LogP contribution in [0.3, 0.4) is 0 Å². The van der Waals surface area contributed by atoms with Gasteiger partial charge in [-0.05, 0) is 87.7 Å². The lowest BCUT2D eigenvalue weighted by Crippen LogP contribution is -2.48. The highest BCUT2D eigenvalue weighted by Gasteiger charge is 2.33. The van der Waals surface area contributed by atoms with E-state index in [1.807, 2.05) is 13.8 Å². The van der Waals surface area contributed by atoms with Crippen molar-refractivity contribution in [3.63, 3.8) is 0 Å². The van der Waals surface area contributed by atoms with E-state index in [0.29, 0.717) is 19.4 Å². The molecule has 0 spiro atoms. The molecule has 0 aliphatic carbocycles. The van der Waals surface area contributed by atoms with Gasteiger partial charge < -0.3 is 30.1 Å². The maximum absolute atomic E-state index is 14.3. The molecule has 4 atom stereocenters. The third-order valence-corrected chi connectivity index (χ3v) is 10.5. The van der Waals surface area contributed by atoms with E-state index in [1.54, 1.807) is 37.3 Å². The molecule has 0 saturated heterocycles. The minimum Gasteiger partial charge on any atom is -0.490 e. The zero-order valence-electron chi connectivity index (χ0n) is 29.0. The fourth-order valence-corrected chi connectivity index (χ4v) is 6.83. The van der Waals surface area contributed by atoms with Gasteiger partial charge in [0.2, 0.25) is 10.0 Å². The van der Waals surface area contributed by atoms with Gasteiger partial charge in [0.1, 0.15) is 5.75 Å². The molecule has 0 aromatic heterocycles. The molecule has 0 saturated carbocycles. The first-order chi connectivity index (χ1) is 24.1. The summed E-state index contributed by atoms with van der Waals surface area (Å²) in [6.45, 7) is 5.51. The molecule has 1 aliphatic heterocycles. The quantitative estimate of drug-likeness (QED) is 0.242. The van der Waals surface area contributed by atoms with Crippen LogP contribution in [-0.2, 0) is 20.9 Å². The summed E-state index contributed by atoms with van der Waals surface area (Å²) >= 11 is 0. The number of rotatable bonds is 8. The number of hydrogen-bond donors (Lipinski definition) is 3. The third kappa shape index (κ3) is 10.7. The van der Waals surface area contributed by atoms with Crippen LogP contribution in [0, 0.1) is 5.92 Å². The maximum atomic E-state index is 14.3. The second-order valence-electron chi connectivity index (χ2n) is 12.8. The topological polar surface area (TPSA) is 138 Å². The van der Waals surface area contributed by atoms with E-state index in [-0.39, 0.29) is 53.4 Å². The molecule has 4 rings (SSSR count). The number of ether oxygens (including phenoxy) is 2. The van der Waals surface area contributed by atoms with Gasteiger partial charge in [-0.1, -0.05) is 25.1 Å². The van der Waals surface area contributed by atoms with E-state index in [0.717, 1.165) is 30.7 Å². The van der Waals surface area contributed by atoms with Gasteiger partial charge in [0.15, 0.2) is 0 Å². The van der Waals surface area contributed by atoms with Crippen LogP contribution in [0.1, 0.15) is 56.0 Å². The summed E-state index contributed by atoms with van der Waals surface area (Å²) in [4.78, 5) is 28.8. The summed E-state index contributed by atoms with van der Waals surface area (Å²) in [6, 6.07) is 15.2. The number of fused-ring (bicyclic) bond motifs is 1. The largest absolute Gasteiger partial charge is 0.490 e. The minimum absolute atomic E-state index is 0.0200. The average molecular weight is 735 g/mol. The highest BCUT2D eigenvalue weighted by Crippen LogP contribution is 2.31. The number of nitrogens with one attached hydrogen (secondary N) is 2. The number of urea groups is 1. The molecule has 0 bridgehead atoms. The fourth-order valence-electron chi connectivity index (χ4n) is 5.62. The molecule has 11 nitrogen and oxygen atoms in total. The van der Waals surface area contributed by atoms with Crippen LogP contribution in [0.2, 0.25) is 0 Å². The molecule has 15 heteroatoms. The number of aliphatic hydroxyl groups excluding tert-OH is 1. The Hall–Kier alpha value is -4.18. The predicted octanol–water partition coefficient (Wildman–Crippen LogP) is 6.47. The summed E-state index contributed by atoms with van der Waals surface area (Å²) in [5.41, 5.74) is -0.407. The summed E-state index contributed by atoms with van der Waals surface area (Å²) in [5.74, 6) is -0.626. The first-order valence-electron chi connectivity index (χ1n) is 16.7. The van der Waals surface area contributed by atoms with Gasteiger partial charge in [0.05, 0.1) is 40.9 Å². The molecule has 0 fully saturated rings. The highest BCUT2D eigenvalue weighted by atomic mass is 32.2. The van der Waals surface area contributed by atoms with Crippen LogP contribution in [0.4, 0.5) is 29.3 Å². The van der Waals surface area contributed by atoms with Crippen molar-refractivity contribution < 1.29 is 45.8 Å². The molecule has 278 valence electrons. The second-order valence-corrected chi connectivity index (χ2v) is 14.8. The van der Waals surface area contributed by atoms with Crippen LogP contribution in [0.15, 0.2) is 77.7 Å². The van der Waals surface area contributed by atoms with E-state index >= 15 is 0 Å². The van der Waals surface area contributed by atoms with E-state index in [1.165, 1.54) is 34.5 Å². The number of alkyl halides is 3. The van der Waals surface area contributed by atoms with Gasteiger partial charge in [-0.25, -0.2) is 13.2 Å². The molecule has 0 unspecified atom stereocenters. The van der Waals surface area contributed by atoms with Crippen molar-refractivity contribution in [3.8, 4) is 5.75 Å². The lowest BCUT2D eigenvalue weighted by Gasteiger charge is -2.35.